The molecule has 2 atom stereocenters. The molecule has 0 amide bonds. The Morgan fingerprint density at radius 1 is 1.25 bits per heavy atom. The summed E-state index contributed by atoms with van der Waals surface area (Å²) in [5.74, 6) is 0. The molecule has 1 aromatic heterocycles. The van der Waals surface area contributed by atoms with Crippen molar-refractivity contribution in [3.05, 3.63) is 36.0 Å². The Morgan fingerprint density at radius 2 is 2.06 bits per heavy atom. The fourth-order valence-corrected chi connectivity index (χ4v) is 2.86. The lowest BCUT2D eigenvalue weighted by atomic mass is 10.0. The Hall–Kier alpha value is -1.28. The van der Waals surface area contributed by atoms with Crippen molar-refractivity contribution in [2.24, 2.45) is 0 Å². The first-order valence-corrected chi connectivity index (χ1v) is 6.05. The second-order valence-corrected chi connectivity index (χ2v) is 4.90. The van der Waals surface area contributed by atoms with Gasteiger partial charge in [0.1, 0.15) is 0 Å². The molecule has 0 saturated carbocycles. The predicted octanol–water partition coefficient (Wildman–Crippen LogP) is 3.32. The Labute approximate surface area is 96.3 Å². The number of likely N-dealkylation sites (tertiary alicyclic amines) is 1. The number of aromatic amines is 1. The van der Waals surface area contributed by atoms with E-state index in [1.54, 1.807) is 0 Å². The number of benzene rings is 1. The van der Waals surface area contributed by atoms with Crippen molar-refractivity contribution in [3.63, 3.8) is 0 Å². The second-order valence-electron chi connectivity index (χ2n) is 4.90. The summed E-state index contributed by atoms with van der Waals surface area (Å²) < 4.78 is 0. The molecule has 1 aliphatic rings. The van der Waals surface area contributed by atoms with E-state index >= 15 is 0 Å². The van der Waals surface area contributed by atoms with E-state index in [2.05, 4.69) is 54.3 Å². The molecule has 1 aliphatic heterocycles. The Bertz CT molecular complexity index is 500. The van der Waals surface area contributed by atoms with Gasteiger partial charge in [0, 0.05) is 29.2 Å². The molecule has 1 aromatic carbocycles. The quantitative estimate of drug-likeness (QED) is 0.771. The van der Waals surface area contributed by atoms with E-state index in [1.807, 2.05) is 0 Å². The van der Waals surface area contributed by atoms with Gasteiger partial charge in [0.15, 0.2) is 0 Å². The molecule has 0 spiro atoms. The molecule has 1 saturated heterocycles. The maximum Gasteiger partial charge on any atom is 0.0457 e. The maximum absolute atomic E-state index is 3.37. The first-order chi connectivity index (χ1) is 7.77. The highest BCUT2D eigenvalue weighted by molar-refractivity contribution is 5.83. The normalized spacial score (nSPS) is 26.6. The largest absolute Gasteiger partial charge is 0.361 e. The molecule has 0 bridgehead atoms. The lowest BCUT2D eigenvalue weighted by molar-refractivity contribution is 0.258. The summed E-state index contributed by atoms with van der Waals surface area (Å²) in [4.78, 5) is 5.87. The third-order valence-corrected chi connectivity index (χ3v) is 4.02. The fourth-order valence-electron chi connectivity index (χ4n) is 2.86. The van der Waals surface area contributed by atoms with Gasteiger partial charge in [0.2, 0.25) is 0 Å². The number of rotatable bonds is 1. The van der Waals surface area contributed by atoms with Crippen LogP contribution in [0.15, 0.2) is 30.5 Å². The third-order valence-electron chi connectivity index (χ3n) is 4.02. The lowest BCUT2D eigenvalue weighted by Gasteiger charge is -2.23. The number of para-hydroxylation sites is 1. The number of nitrogens with one attached hydrogen (secondary N) is 1. The number of H-pyrrole nitrogens is 1. The van der Waals surface area contributed by atoms with E-state index in [0.717, 1.165) is 0 Å². The van der Waals surface area contributed by atoms with Crippen molar-refractivity contribution in [3.8, 4) is 0 Å². The van der Waals surface area contributed by atoms with Gasteiger partial charge in [-0.15, -0.1) is 0 Å². The molecule has 84 valence electrons. The third kappa shape index (κ3) is 1.37. The zero-order chi connectivity index (χ0) is 11.1. The molecular formula is C14H18N2. The molecule has 16 heavy (non-hydrogen) atoms. The highest BCUT2D eigenvalue weighted by atomic mass is 15.2. The predicted molar refractivity (Wildman–Crippen MR) is 67.5 cm³/mol. The van der Waals surface area contributed by atoms with Crippen molar-refractivity contribution >= 4 is 10.9 Å². The molecule has 2 aromatic rings. The van der Waals surface area contributed by atoms with Crippen LogP contribution in [-0.4, -0.2) is 23.0 Å². The molecule has 2 heteroatoms. The summed E-state index contributed by atoms with van der Waals surface area (Å²) in [6.45, 7) is 2.31. The van der Waals surface area contributed by atoms with Gasteiger partial charge in [-0.25, -0.2) is 0 Å². The molecule has 2 heterocycles. The van der Waals surface area contributed by atoms with E-state index in [0.29, 0.717) is 12.1 Å². The zero-order valence-corrected chi connectivity index (χ0v) is 9.90. The number of fused-ring (bicyclic) bond motifs is 1. The van der Waals surface area contributed by atoms with Gasteiger partial charge in [-0.1, -0.05) is 18.2 Å². The van der Waals surface area contributed by atoms with Crippen LogP contribution in [-0.2, 0) is 0 Å². The summed E-state index contributed by atoms with van der Waals surface area (Å²) in [7, 11) is 2.24. The van der Waals surface area contributed by atoms with Crippen LogP contribution in [0.1, 0.15) is 31.4 Å². The van der Waals surface area contributed by atoms with Crippen LogP contribution in [0.5, 0.6) is 0 Å². The van der Waals surface area contributed by atoms with Gasteiger partial charge in [0.05, 0.1) is 0 Å². The van der Waals surface area contributed by atoms with Gasteiger partial charge in [-0.3, -0.25) is 4.90 Å². The van der Waals surface area contributed by atoms with Crippen molar-refractivity contribution in [2.45, 2.75) is 31.8 Å². The van der Waals surface area contributed by atoms with Crippen LogP contribution < -0.4 is 0 Å². The van der Waals surface area contributed by atoms with Crippen molar-refractivity contribution in [2.75, 3.05) is 7.05 Å². The summed E-state index contributed by atoms with van der Waals surface area (Å²) in [6.07, 6.45) is 4.77. The molecule has 0 aliphatic carbocycles. The first kappa shape index (κ1) is 9.91. The minimum absolute atomic E-state index is 0.589. The molecule has 2 unspecified atom stereocenters. The van der Waals surface area contributed by atoms with Crippen LogP contribution in [0.3, 0.4) is 0 Å². The summed E-state index contributed by atoms with van der Waals surface area (Å²) in [5.41, 5.74) is 2.72. The summed E-state index contributed by atoms with van der Waals surface area (Å²) in [5, 5.41) is 1.38. The average Bonchev–Trinajstić information content (AvgIpc) is 2.85. The molecule has 2 nitrogen and oxygen atoms in total. The van der Waals surface area contributed by atoms with Crippen LogP contribution in [0.4, 0.5) is 0 Å². The minimum atomic E-state index is 0.589. The first-order valence-electron chi connectivity index (χ1n) is 6.05. The molecule has 1 fully saturated rings. The summed E-state index contributed by atoms with van der Waals surface area (Å²) >= 11 is 0. The van der Waals surface area contributed by atoms with Crippen molar-refractivity contribution in [1.82, 2.24) is 9.88 Å². The number of hydrogen-bond donors (Lipinski definition) is 1. The number of nitrogens with zero attached hydrogens (tertiary/aromatic N) is 1. The van der Waals surface area contributed by atoms with Gasteiger partial charge in [-0.2, -0.15) is 0 Å². The zero-order valence-electron chi connectivity index (χ0n) is 9.90. The second kappa shape index (κ2) is 3.63. The lowest BCUT2D eigenvalue weighted by Crippen LogP contribution is -2.24. The van der Waals surface area contributed by atoms with Crippen molar-refractivity contribution in [1.29, 1.82) is 0 Å². The van der Waals surface area contributed by atoms with Crippen LogP contribution >= 0.6 is 0 Å². The van der Waals surface area contributed by atoms with Gasteiger partial charge < -0.3 is 4.98 Å². The molecule has 3 rings (SSSR count). The topological polar surface area (TPSA) is 19.0 Å². The van der Waals surface area contributed by atoms with E-state index in [1.165, 1.54) is 29.3 Å². The molecule has 0 radical (unpaired) electrons. The van der Waals surface area contributed by atoms with Crippen LogP contribution in [0.2, 0.25) is 0 Å². The smallest absolute Gasteiger partial charge is 0.0457 e. The Kier molecular flexibility index (Phi) is 2.25. The summed E-state index contributed by atoms with van der Waals surface area (Å²) in [6, 6.07) is 9.88. The minimum Gasteiger partial charge on any atom is -0.361 e. The van der Waals surface area contributed by atoms with Gasteiger partial charge in [-0.05, 0) is 38.4 Å². The van der Waals surface area contributed by atoms with Crippen LogP contribution in [0, 0.1) is 0 Å². The fraction of sp³-hybridized carbons (Fsp3) is 0.429. The van der Waals surface area contributed by atoms with Gasteiger partial charge in [0.25, 0.3) is 0 Å². The van der Waals surface area contributed by atoms with Crippen LogP contribution in [0.25, 0.3) is 10.9 Å². The van der Waals surface area contributed by atoms with E-state index < -0.39 is 0 Å². The number of aromatic nitrogens is 1. The molecule has 1 N–H and O–H groups in total. The van der Waals surface area contributed by atoms with E-state index in [4.69, 9.17) is 0 Å². The monoisotopic (exact) mass is 214 g/mol. The standard InChI is InChI=1S/C14H18N2/c1-10-7-8-14(16(10)2)12-9-15-13-6-4-3-5-11(12)13/h3-6,9-10,14-15H,7-8H2,1-2H3. The van der Waals surface area contributed by atoms with Crippen molar-refractivity contribution < 1.29 is 0 Å². The Morgan fingerprint density at radius 3 is 2.81 bits per heavy atom. The number of hydrogen-bond acceptors (Lipinski definition) is 1. The van der Waals surface area contributed by atoms with E-state index in [9.17, 15) is 0 Å². The van der Waals surface area contributed by atoms with Gasteiger partial charge >= 0.3 is 0 Å². The SMILES string of the molecule is CC1CCC(c2c[nH]c3ccccc23)N1C. The van der Waals surface area contributed by atoms with E-state index in [-0.39, 0.29) is 0 Å². The molecular weight excluding hydrogens is 196 g/mol. The Balaban J connectivity index is 2.06. The average molecular weight is 214 g/mol. The highest BCUT2D eigenvalue weighted by Gasteiger charge is 2.29. The highest BCUT2D eigenvalue weighted by Crippen LogP contribution is 2.37. The maximum atomic E-state index is 3.37.